The van der Waals surface area contributed by atoms with Crippen molar-refractivity contribution in [2.24, 2.45) is 10.9 Å². The van der Waals surface area contributed by atoms with Gasteiger partial charge >= 0.3 is 6.09 Å². The number of anilines is 2. The number of aliphatic imine (C=N–C) groups is 1. The first-order chi connectivity index (χ1) is 25.6. The molecular weight excluding hydrogens is 681 g/mol. The highest BCUT2D eigenvalue weighted by atomic mass is 16.5. The van der Waals surface area contributed by atoms with E-state index in [0.29, 0.717) is 34.9 Å². The summed E-state index contributed by atoms with van der Waals surface area (Å²) in [6.45, 7) is 22.3. The standard InChI is InChI=1S/C44H58N4O6/c1-11-43(7,8)30-17-20-38(34(24-30)44(9,10)12-2)54-27-45-41(51)33-25-37(46-35-19-18-31(23-29(35)6)48(13-3)21-22-49)39-32(40(33)50)15-14-16-36(39)47-42(52)53-26-28(4)5/h14-20,23-25,28,49H,11-13,21-22,26-27H2,1-10H3,(H,45,51)(H,47,52). The normalized spacial score (nSPS) is 13.7. The number of hydrogen-bond acceptors (Lipinski definition) is 8. The number of benzene rings is 3. The van der Waals surface area contributed by atoms with Crippen LogP contribution in [0.4, 0.5) is 21.9 Å². The molecule has 0 unspecified atom stereocenters. The van der Waals surface area contributed by atoms with Gasteiger partial charge in [0.1, 0.15) is 5.75 Å². The Hall–Kier alpha value is -4.96. The minimum absolute atomic E-state index is 0.00514. The molecule has 4 rings (SSSR count). The molecule has 1 aliphatic carbocycles. The number of carbonyl (C=O) groups excluding carboxylic acids is 3. The Balaban J connectivity index is 1.71. The van der Waals surface area contributed by atoms with Crippen LogP contribution in [0.15, 0.2) is 71.2 Å². The van der Waals surface area contributed by atoms with Gasteiger partial charge in [0.05, 0.1) is 35.9 Å². The van der Waals surface area contributed by atoms with E-state index in [1.54, 1.807) is 18.2 Å². The highest BCUT2D eigenvalue weighted by Crippen LogP contribution is 2.39. The van der Waals surface area contributed by atoms with E-state index in [9.17, 15) is 19.5 Å². The quantitative estimate of drug-likeness (QED) is 0.0990. The van der Waals surface area contributed by atoms with E-state index >= 15 is 0 Å². The molecule has 10 nitrogen and oxygen atoms in total. The van der Waals surface area contributed by atoms with Crippen molar-refractivity contribution in [3.05, 3.63) is 94.1 Å². The minimum atomic E-state index is -0.658. The zero-order chi connectivity index (χ0) is 39.8. The summed E-state index contributed by atoms with van der Waals surface area (Å²) >= 11 is 0. The maximum atomic E-state index is 14.0. The number of fused-ring (bicyclic) bond motifs is 1. The monoisotopic (exact) mass is 738 g/mol. The molecule has 0 bridgehead atoms. The number of hydrogen-bond donors (Lipinski definition) is 3. The number of nitrogens with zero attached hydrogens (tertiary/aromatic N) is 2. The van der Waals surface area contributed by atoms with Crippen molar-refractivity contribution in [1.82, 2.24) is 5.32 Å². The number of aliphatic hydroxyl groups excluding tert-OH is 1. The third kappa shape index (κ3) is 9.77. The zero-order valence-electron chi connectivity index (χ0n) is 33.7. The molecule has 0 atom stereocenters. The van der Waals surface area contributed by atoms with Crippen LogP contribution in [-0.2, 0) is 20.4 Å². The minimum Gasteiger partial charge on any atom is -0.473 e. The van der Waals surface area contributed by atoms with E-state index in [0.717, 1.165) is 36.2 Å². The van der Waals surface area contributed by atoms with Gasteiger partial charge in [-0.25, -0.2) is 9.79 Å². The van der Waals surface area contributed by atoms with Crippen molar-refractivity contribution in [2.45, 2.75) is 92.9 Å². The van der Waals surface area contributed by atoms with Crippen LogP contribution in [0.25, 0.3) is 0 Å². The highest BCUT2D eigenvalue weighted by molar-refractivity contribution is 6.37. The van der Waals surface area contributed by atoms with Crippen LogP contribution in [0.3, 0.4) is 0 Å². The van der Waals surface area contributed by atoms with E-state index in [-0.39, 0.29) is 47.8 Å². The lowest BCUT2D eigenvalue weighted by molar-refractivity contribution is -0.118. The Morgan fingerprint density at radius 2 is 1.69 bits per heavy atom. The number of carbonyl (C=O) groups is 3. The summed E-state index contributed by atoms with van der Waals surface area (Å²) in [7, 11) is 0. The maximum absolute atomic E-state index is 14.0. The summed E-state index contributed by atoms with van der Waals surface area (Å²) in [6.07, 6.45) is 2.69. The topological polar surface area (TPSA) is 130 Å². The van der Waals surface area contributed by atoms with Gasteiger partial charge in [-0.1, -0.05) is 79.7 Å². The number of aryl methyl sites for hydroxylation is 1. The number of ketones is 1. The molecule has 0 aliphatic heterocycles. The Bertz CT molecular complexity index is 1910. The van der Waals surface area contributed by atoms with Crippen LogP contribution in [-0.4, -0.2) is 61.6 Å². The molecule has 0 fully saturated rings. The number of nitrogens with one attached hydrogen (secondary N) is 2. The Morgan fingerprint density at radius 3 is 2.31 bits per heavy atom. The van der Waals surface area contributed by atoms with Gasteiger partial charge in [-0.3, -0.25) is 14.9 Å². The zero-order valence-corrected chi connectivity index (χ0v) is 33.7. The molecule has 0 heterocycles. The SMILES string of the molecule is CCN(CCO)c1ccc(N=C2C=C(C(=O)NCOc3ccc(C(C)(C)CC)cc3C(C)(C)CC)C(=O)c3cccc(NC(=O)OCC(C)C)c32)c(C)c1. The Labute approximate surface area is 321 Å². The third-order valence-electron chi connectivity index (χ3n) is 10.4. The molecule has 0 saturated heterocycles. The highest BCUT2D eigenvalue weighted by Gasteiger charge is 2.32. The fourth-order valence-corrected chi connectivity index (χ4v) is 6.14. The summed E-state index contributed by atoms with van der Waals surface area (Å²) in [4.78, 5) is 47.7. The van der Waals surface area contributed by atoms with Crippen molar-refractivity contribution in [3.8, 4) is 5.75 Å². The lowest BCUT2D eigenvalue weighted by atomic mass is 9.76. The molecule has 2 amide bonds. The molecule has 290 valence electrons. The van der Waals surface area contributed by atoms with E-state index in [2.05, 4.69) is 69.2 Å². The largest absolute Gasteiger partial charge is 0.473 e. The fourth-order valence-electron chi connectivity index (χ4n) is 6.14. The van der Waals surface area contributed by atoms with Gasteiger partial charge in [-0.05, 0) is 91.0 Å². The second-order valence-corrected chi connectivity index (χ2v) is 15.5. The maximum Gasteiger partial charge on any atom is 0.411 e. The molecule has 54 heavy (non-hydrogen) atoms. The van der Waals surface area contributed by atoms with Crippen molar-refractivity contribution in [3.63, 3.8) is 0 Å². The predicted octanol–water partition coefficient (Wildman–Crippen LogP) is 8.79. The summed E-state index contributed by atoms with van der Waals surface area (Å²) in [5.74, 6) is -0.303. The number of amides is 2. The molecule has 0 aromatic heterocycles. The second-order valence-electron chi connectivity index (χ2n) is 15.5. The molecule has 0 radical (unpaired) electrons. The van der Waals surface area contributed by atoms with E-state index < -0.39 is 17.8 Å². The number of Topliss-reactive ketones (excluding diaryl/α,β-unsaturated/α-hetero) is 1. The van der Waals surface area contributed by atoms with Gasteiger partial charge < -0.3 is 24.8 Å². The molecule has 1 aliphatic rings. The summed E-state index contributed by atoms with van der Waals surface area (Å²) in [5.41, 5.74) is 5.67. The average Bonchev–Trinajstić information content (AvgIpc) is 3.14. The fraction of sp³-hybridized carbons (Fsp3) is 0.455. The van der Waals surface area contributed by atoms with Crippen LogP contribution in [0, 0.1) is 12.8 Å². The first-order valence-corrected chi connectivity index (χ1v) is 19.0. The predicted molar refractivity (Wildman–Crippen MR) is 218 cm³/mol. The van der Waals surface area contributed by atoms with E-state index in [1.165, 1.54) is 11.6 Å². The number of ether oxygens (including phenoxy) is 2. The Morgan fingerprint density at radius 1 is 0.963 bits per heavy atom. The van der Waals surface area contributed by atoms with Gasteiger partial charge in [-0.15, -0.1) is 0 Å². The molecular formula is C44H58N4O6. The lowest BCUT2D eigenvalue weighted by Crippen LogP contribution is -2.34. The average molecular weight is 739 g/mol. The first-order valence-electron chi connectivity index (χ1n) is 19.0. The molecule has 0 spiro atoms. The molecule has 3 N–H and O–H groups in total. The number of likely N-dealkylation sites (N-methyl/N-ethyl adjacent to an activating group) is 1. The van der Waals surface area contributed by atoms with E-state index in [1.807, 2.05) is 52.0 Å². The molecule has 3 aromatic rings. The van der Waals surface area contributed by atoms with Gasteiger partial charge in [0.15, 0.2) is 12.5 Å². The van der Waals surface area contributed by atoms with Crippen molar-refractivity contribution in [2.75, 3.05) is 43.3 Å². The van der Waals surface area contributed by atoms with E-state index in [4.69, 9.17) is 14.5 Å². The second kappa shape index (κ2) is 17.9. The van der Waals surface area contributed by atoms with Gasteiger partial charge in [-0.2, -0.15) is 0 Å². The number of rotatable bonds is 16. The van der Waals surface area contributed by atoms with Crippen molar-refractivity contribution in [1.29, 1.82) is 0 Å². The number of allylic oxidation sites excluding steroid dienone is 1. The summed E-state index contributed by atoms with van der Waals surface area (Å²) < 4.78 is 11.6. The molecule has 10 heteroatoms. The summed E-state index contributed by atoms with van der Waals surface area (Å²) in [5, 5.41) is 15.1. The van der Waals surface area contributed by atoms with Crippen LogP contribution >= 0.6 is 0 Å². The van der Waals surface area contributed by atoms with Gasteiger partial charge in [0.25, 0.3) is 5.91 Å². The van der Waals surface area contributed by atoms with Crippen molar-refractivity contribution < 1.29 is 29.0 Å². The van der Waals surface area contributed by atoms with Crippen LogP contribution in [0.5, 0.6) is 5.75 Å². The third-order valence-corrected chi connectivity index (χ3v) is 10.4. The number of aliphatic hydroxyl groups is 1. The van der Waals surface area contributed by atoms with Gasteiger partial charge in [0, 0.05) is 35.5 Å². The molecule has 3 aromatic carbocycles. The summed E-state index contributed by atoms with van der Waals surface area (Å²) in [6, 6.07) is 17.0. The lowest BCUT2D eigenvalue weighted by Gasteiger charge is -2.30. The van der Waals surface area contributed by atoms with Crippen LogP contribution in [0.2, 0.25) is 0 Å². The Kier molecular flexibility index (Phi) is 13.9. The smallest absolute Gasteiger partial charge is 0.411 e. The van der Waals surface area contributed by atoms with Gasteiger partial charge in [0.2, 0.25) is 0 Å². The van der Waals surface area contributed by atoms with Crippen LogP contribution in [0.1, 0.15) is 108 Å². The first kappa shape index (κ1) is 41.8. The molecule has 0 saturated carbocycles. The van der Waals surface area contributed by atoms with Crippen molar-refractivity contribution >= 4 is 40.6 Å². The van der Waals surface area contributed by atoms with Crippen LogP contribution < -0.4 is 20.3 Å².